The van der Waals surface area contributed by atoms with Gasteiger partial charge in [0.25, 0.3) is 11.8 Å². The number of imide groups is 1. The third-order valence-electron chi connectivity index (χ3n) is 7.21. The molecule has 38 heavy (non-hydrogen) atoms. The van der Waals surface area contributed by atoms with Gasteiger partial charge in [-0.1, -0.05) is 20.3 Å². The van der Waals surface area contributed by atoms with Crippen molar-refractivity contribution in [3.05, 3.63) is 45.8 Å². The van der Waals surface area contributed by atoms with Gasteiger partial charge in [0.2, 0.25) is 10.0 Å². The van der Waals surface area contributed by atoms with Gasteiger partial charge in [-0.2, -0.15) is 4.31 Å². The number of thiophene rings is 1. The molecule has 1 saturated heterocycles. The summed E-state index contributed by atoms with van der Waals surface area (Å²) in [7, 11) is -2.49. The normalized spacial score (nSPS) is 18.4. The number of nitrogens with zero attached hydrogens (tertiary/aromatic N) is 2. The topological polar surface area (TPSA) is 125 Å². The number of carbonyl (C=O) groups is 3. The number of carbonyl (C=O) groups excluding carboxylic acids is 3. The zero-order valence-corrected chi connectivity index (χ0v) is 23.5. The molecule has 2 aliphatic heterocycles. The number of piperidine rings is 1. The third-order valence-corrected chi connectivity index (χ3v) is 10.3. The molecule has 1 fully saturated rings. The van der Waals surface area contributed by atoms with Crippen LogP contribution in [-0.2, 0) is 27.7 Å². The van der Waals surface area contributed by atoms with Crippen LogP contribution in [0.25, 0.3) is 0 Å². The lowest BCUT2D eigenvalue weighted by Crippen LogP contribution is -2.43. The molecule has 1 aromatic carbocycles. The van der Waals surface area contributed by atoms with E-state index in [1.54, 1.807) is 4.31 Å². The molecule has 4 rings (SSSR count). The Morgan fingerprint density at radius 3 is 2.47 bits per heavy atom. The Bertz CT molecular complexity index is 1310. The molecule has 1 unspecified atom stereocenters. The van der Waals surface area contributed by atoms with E-state index in [0.717, 1.165) is 49.2 Å². The monoisotopic (exact) mass is 562 g/mol. The molecule has 0 saturated carbocycles. The lowest BCUT2D eigenvalue weighted by atomic mass is 10.0. The summed E-state index contributed by atoms with van der Waals surface area (Å²) in [6.45, 7) is 6.81. The highest BCUT2D eigenvalue weighted by molar-refractivity contribution is 7.89. The maximum absolute atomic E-state index is 13.3. The Kier molecular flexibility index (Phi) is 8.86. The van der Waals surface area contributed by atoms with Crippen LogP contribution in [0.15, 0.2) is 29.2 Å². The van der Waals surface area contributed by atoms with Crippen LogP contribution in [0.3, 0.4) is 0 Å². The first-order valence-electron chi connectivity index (χ1n) is 12.9. The van der Waals surface area contributed by atoms with Gasteiger partial charge in [0.1, 0.15) is 5.00 Å². The van der Waals surface area contributed by atoms with E-state index in [0.29, 0.717) is 24.5 Å². The number of rotatable bonds is 7. The van der Waals surface area contributed by atoms with Crippen molar-refractivity contribution in [3.63, 3.8) is 0 Å². The van der Waals surface area contributed by atoms with E-state index in [1.165, 1.54) is 42.7 Å². The molecule has 1 aromatic heterocycles. The van der Waals surface area contributed by atoms with Crippen LogP contribution in [0.2, 0.25) is 0 Å². The van der Waals surface area contributed by atoms with E-state index in [1.807, 2.05) is 6.92 Å². The van der Waals surface area contributed by atoms with Gasteiger partial charge in [0.15, 0.2) is 0 Å². The highest BCUT2D eigenvalue weighted by Crippen LogP contribution is 2.37. The van der Waals surface area contributed by atoms with Crippen LogP contribution in [0.4, 0.5) is 9.80 Å². The molecule has 10 nitrogen and oxygen atoms in total. The molecule has 2 aromatic rings. The lowest BCUT2D eigenvalue weighted by Gasteiger charge is -2.34. The van der Waals surface area contributed by atoms with Crippen LogP contribution in [-0.4, -0.2) is 68.3 Å². The minimum absolute atomic E-state index is 0.0141. The number of anilines is 1. The number of ether oxygens (including phenoxy) is 1. The van der Waals surface area contributed by atoms with Crippen molar-refractivity contribution in [2.45, 2.75) is 63.4 Å². The predicted molar refractivity (Wildman–Crippen MR) is 145 cm³/mol. The summed E-state index contributed by atoms with van der Waals surface area (Å²) in [5, 5.41) is 5.35. The molecule has 12 heteroatoms. The van der Waals surface area contributed by atoms with E-state index < -0.39 is 27.9 Å². The molecule has 0 spiro atoms. The Hall–Kier alpha value is -2.80. The van der Waals surface area contributed by atoms with Crippen LogP contribution in [0.5, 0.6) is 0 Å². The van der Waals surface area contributed by atoms with Gasteiger partial charge in [-0.3, -0.25) is 19.8 Å². The summed E-state index contributed by atoms with van der Waals surface area (Å²) in [6, 6.07) is 5.85. The second-order valence-electron chi connectivity index (χ2n) is 9.42. The fourth-order valence-corrected chi connectivity index (χ4v) is 8.10. The first-order valence-corrected chi connectivity index (χ1v) is 15.1. The van der Waals surface area contributed by atoms with Gasteiger partial charge in [-0.25, -0.2) is 13.2 Å². The number of nitrogens with one attached hydrogen (secondary N) is 2. The van der Waals surface area contributed by atoms with Crippen LogP contribution in [0, 0.1) is 0 Å². The number of fused-ring (bicyclic) bond motifs is 1. The molecule has 2 aliphatic rings. The number of hydrogen-bond donors (Lipinski definition) is 2. The molecular weight excluding hydrogens is 528 g/mol. The zero-order chi connectivity index (χ0) is 27.4. The average molecular weight is 563 g/mol. The molecule has 3 amide bonds. The number of methoxy groups -OCH3 is 1. The van der Waals surface area contributed by atoms with E-state index >= 15 is 0 Å². The van der Waals surface area contributed by atoms with Crippen molar-refractivity contribution >= 4 is 44.3 Å². The summed E-state index contributed by atoms with van der Waals surface area (Å²) in [4.78, 5) is 41.2. The van der Waals surface area contributed by atoms with Gasteiger partial charge in [0, 0.05) is 36.1 Å². The Morgan fingerprint density at radius 1 is 1.08 bits per heavy atom. The largest absolute Gasteiger partial charge is 0.453 e. The summed E-state index contributed by atoms with van der Waals surface area (Å²) >= 11 is 1.31. The van der Waals surface area contributed by atoms with Crippen molar-refractivity contribution in [3.8, 4) is 0 Å². The van der Waals surface area contributed by atoms with Gasteiger partial charge in [-0.05, 0) is 62.1 Å². The van der Waals surface area contributed by atoms with E-state index in [9.17, 15) is 22.8 Å². The number of likely N-dealkylation sites (N-methyl/N-ethyl adjacent to an activating group) is 1. The van der Waals surface area contributed by atoms with Crippen molar-refractivity contribution in [1.29, 1.82) is 0 Å². The Labute approximate surface area is 227 Å². The molecular formula is C26H34N4O6S2. The quantitative estimate of drug-likeness (QED) is 0.525. The third kappa shape index (κ3) is 5.78. The van der Waals surface area contributed by atoms with Crippen molar-refractivity contribution in [1.82, 2.24) is 14.5 Å². The van der Waals surface area contributed by atoms with Gasteiger partial charge in [-0.15, -0.1) is 11.3 Å². The number of amides is 3. The van der Waals surface area contributed by atoms with Crippen LogP contribution < -0.4 is 10.6 Å². The SMILES string of the molecule is CCC1CCCCN1S(=O)(=O)c1ccc(C(=O)Nc2sc3c(c2C(=O)NC(=O)OC)CCN(CC)C3)cc1. The molecule has 2 N–H and O–H groups in total. The molecule has 3 heterocycles. The molecule has 0 bridgehead atoms. The second-order valence-corrected chi connectivity index (χ2v) is 12.4. The standard InChI is InChI=1S/C26H34N4O6S2/c1-4-18-8-6-7-14-30(18)38(34,35)19-11-9-17(10-12-19)23(31)27-25-22(24(32)28-26(33)36-3)20-13-15-29(5-2)16-21(20)37-25/h9-12,18H,4-8,13-16H2,1-3H3,(H,27,31)(H,28,32,33). The summed E-state index contributed by atoms with van der Waals surface area (Å²) in [5.41, 5.74) is 1.33. The molecule has 0 radical (unpaired) electrons. The molecule has 1 atom stereocenters. The summed E-state index contributed by atoms with van der Waals surface area (Å²) in [5.74, 6) is -1.11. The van der Waals surface area contributed by atoms with E-state index in [2.05, 4.69) is 27.2 Å². The second kappa shape index (κ2) is 11.9. The maximum atomic E-state index is 13.3. The highest BCUT2D eigenvalue weighted by Gasteiger charge is 2.33. The number of benzene rings is 1. The van der Waals surface area contributed by atoms with E-state index in [-0.39, 0.29) is 22.1 Å². The minimum Gasteiger partial charge on any atom is -0.453 e. The van der Waals surface area contributed by atoms with Crippen LogP contribution in [0.1, 0.15) is 70.7 Å². The van der Waals surface area contributed by atoms with Gasteiger partial charge >= 0.3 is 6.09 Å². The number of alkyl carbamates (subject to hydrolysis) is 1. The predicted octanol–water partition coefficient (Wildman–Crippen LogP) is 3.83. The minimum atomic E-state index is -3.66. The Balaban J connectivity index is 1.57. The molecule has 0 aliphatic carbocycles. The number of sulfonamides is 1. The van der Waals surface area contributed by atoms with E-state index in [4.69, 9.17) is 0 Å². The maximum Gasteiger partial charge on any atom is 0.413 e. The Morgan fingerprint density at radius 2 is 1.82 bits per heavy atom. The van der Waals surface area contributed by atoms with Crippen LogP contribution >= 0.6 is 11.3 Å². The zero-order valence-electron chi connectivity index (χ0n) is 21.9. The molecule has 206 valence electrons. The fourth-order valence-electron chi connectivity index (χ4n) is 5.05. The van der Waals surface area contributed by atoms with Gasteiger partial charge < -0.3 is 10.1 Å². The average Bonchev–Trinajstić information content (AvgIpc) is 3.29. The lowest BCUT2D eigenvalue weighted by molar-refractivity contribution is 0.0936. The van der Waals surface area contributed by atoms with Crippen molar-refractivity contribution in [2.24, 2.45) is 0 Å². The van der Waals surface area contributed by atoms with Gasteiger partial charge in [0.05, 0.1) is 17.6 Å². The van der Waals surface area contributed by atoms with Crippen molar-refractivity contribution < 1.29 is 27.5 Å². The summed E-state index contributed by atoms with van der Waals surface area (Å²) < 4.78 is 32.7. The van der Waals surface area contributed by atoms with Crippen molar-refractivity contribution in [2.75, 3.05) is 32.1 Å². The highest BCUT2D eigenvalue weighted by atomic mass is 32.2. The first kappa shape index (κ1) is 28.2. The fraction of sp³-hybridized carbons (Fsp3) is 0.500. The summed E-state index contributed by atoms with van der Waals surface area (Å²) in [6.07, 6.45) is 3.19. The smallest absolute Gasteiger partial charge is 0.413 e. The first-order chi connectivity index (χ1) is 18.2. The number of hydrogen-bond acceptors (Lipinski definition) is 8.